The SMILES string of the molecule is CCCCNC(=O)c1csc(CN(CCCC)C(=O)Nc2ccc(Br)cc2)n1. The summed E-state index contributed by atoms with van der Waals surface area (Å²) in [7, 11) is 0. The fourth-order valence-electron chi connectivity index (χ4n) is 2.46. The molecule has 2 rings (SSSR count). The molecule has 0 atom stereocenters. The van der Waals surface area contributed by atoms with E-state index in [1.54, 1.807) is 10.3 Å². The minimum absolute atomic E-state index is 0.157. The number of carbonyl (C=O) groups excluding carboxylic acids is 2. The lowest BCUT2D eigenvalue weighted by molar-refractivity contribution is 0.0948. The quantitative estimate of drug-likeness (QED) is 0.468. The molecule has 1 aromatic heterocycles. The Morgan fingerprint density at radius 1 is 1.14 bits per heavy atom. The van der Waals surface area contributed by atoms with E-state index < -0.39 is 0 Å². The molecule has 0 spiro atoms. The molecule has 152 valence electrons. The average molecular weight is 467 g/mol. The van der Waals surface area contributed by atoms with Gasteiger partial charge in [0.1, 0.15) is 10.7 Å². The summed E-state index contributed by atoms with van der Waals surface area (Å²) >= 11 is 4.79. The van der Waals surface area contributed by atoms with Crippen molar-refractivity contribution in [2.45, 2.75) is 46.1 Å². The van der Waals surface area contributed by atoms with Crippen molar-refractivity contribution >= 4 is 44.9 Å². The Bertz CT molecular complexity index is 764. The van der Waals surface area contributed by atoms with Crippen LogP contribution in [0.3, 0.4) is 0 Å². The molecule has 2 aromatic rings. The zero-order valence-corrected chi connectivity index (χ0v) is 18.7. The lowest BCUT2D eigenvalue weighted by Gasteiger charge is -2.22. The van der Waals surface area contributed by atoms with E-state index in [0.29, 0.717) is 25.3 Å². The van der Waals surface area contributed by atoms with Crippen molar-refractivity contribution in [2.75, 3.05) is 18.4 Å². The van der Waals surface area contributed by atoms with Gasteiger partial charge in [-0.1, -0.05) is 42.6 Å². The molecule has 6 nitrogen and oxygen atoms in total. The smallest absolute Gasteiger partial charge is 0.322 e. The molecular weight excluding hydrogens is 440 g/mol. The highest BCUT2D eigenvalue weighted by Crippen LogP contribution is 2.17. The molecule has 0 radical (unpaired) electrons. The topological polar surface area (TPSA) is 74.3 Å². The van der Waals surface area contributed by atoms with E-state index in [0.717, 1.165) is 40.9 Å². The summed E-state index contributed by atoms with van der Waals surface area (Å²) in [6.07, 6.45) is 3.88. The van der Waals surface area contributed by atoms with Crippen molar-refractivity contribution in [2.24, 2.45) is 0 Å². The van der Waals surface area contributed by atoms with Crippen LogP contribution in [0.5, 0.6) is 0 Å². The number of nitrogens with one attached hydrogen (secondary N) is 2. The lowest BCUT2D eigenvalue weighted by Crippen LogP contribution is -2.35. The number of thiazole rings is 1. The summed E-state index contributed by atoms with van der Waals surface area (Å²) in [4.78, 5) is 31.0. The molecule has 8 heteroatoms. The Balaban J connectivity index is 2.00. The van der Waals surface area contributed by atoms with Crippen LogP contribution < -0.4 is 10.6 Å². The molecule has 28 heavy (non-hydrogen) atoms. The van der Waals surface area contributed by atoms with Gasteiger partial charge in [-0.15, -0.1) is 11.3 Å². The van der Waals surface area contributed by atoms with Crippen LogP contribution in [0.25, 0.3) is 0 Å². The number of carbonyl (C=O) groups is 2. The highest BCUT2D eigenvalue weighted by Gasteiger charge is 2.17. The third-order valence-electron chi connectivity index (χ3n) is 4.09. The second kappa shape index (κ2) is 11.8. The summed E-state index contributed by atoms with van der Waals surface area (Å²) in [5, 5.41) is 8.30. The Morgan fingerprint density at radius 3 is 2.54 bits per heavy atom. The van der Waals surface area contributed by atoms with E-state index in [-0.39, 0.29) is 11.9 Å². The normalized spacial score (nSPS) is 10.5. The summed E-state index contributed by atoms with van der Waals surface area (Å²) < 4.78 is 0.959. The highest BCUT2D eigenvalue weighted by atomic mass is 79.9. The molecular formula is C20H27BrN4O2S. The van der Waals surface area contributed by atoms with Crippen LogP contribution in [0.15, 0.2) is 34.1 Å². The monoisotopic (exact) mass is 466 g/mol. The van der Waals surface area contributed by atoms with Crippen LogP contribution in [0, 0.1) is 0 Å². The first-order valence-corrected chi connectivity index (χ1v) is 11.2. The second-order valence-corrected chi connectivity index (χ2v) is 8.31. The average Bonchev–Trinajstić information content (AvgIpc) is 3.15. The van der Waals surface area contributed by atoms with Crippen molar-refractivity contribution < 1.29 is 9.59 Å². The summed E-state index contributed by atoms with van der Waals surface area (Å²) in [5.74, 6) is -0.157. The van der Waals surface area contributed by atoms with Crippen molar-refractivity contribution in [3.05, 3.63) is 44.8 Å². The molecule has 1 heterocycles. The van der Waals surface area contributed by atoms with Gasteiger partial charge in [-0.25, -0.2) is 9.78 Å². The van der Waals surface area contributed by atoms with Gasteiger partial charge in [-0.3, -0.25) is 4.79 Å². The van der Waals surface area contributed by atoms with Gasteiger partial charge in [0.15, 0.2) is 0 Å². The number of halogens is 1. The Hall–Kier alpha value is -1.93. The number of nitrogens with zero attached hydrogens (tertiary/aromatic N) is 2. The number of anilines is 1. The van der Waals surface area contributed by atoms with Gasteiger partial charge in [0.05, 0.1) is 6.54 Å². The largest absolute Gasteiger partial charge is 0.351 e. The third-order valence-corrected chi connectivity index (χ3v) is 5.45. The predicted molar refractivity (Wildman–Crippen MR) is 118 cm³/mol. The number of amides is 3. The van der Waals surface area contributed by atoms with Gasteiger partial charge < -0.3 is 15.5 Å². The Kier molecular flexibility index (Phi) is 9.43. The summed E-state index contributed by atoms with van der Waals surface area (Å²) in [5.41, 5.74) is 1.16. The predicted octanol–water partition coefficient (Wildman–Crippen LogP) is 5.27. The number of rotatable bonds is 10. The van der Waals surface area contributed by atoms with E-state index in [1.807, 2.05) is 24.3 Å². The first-order chi connectivity index (χ1) is 13.5. The third kappa shape index (κ3) is 7.24. The fraction of sp³-hybridized carbons (Fsp3) is 0.450. The number of hydrogen-bond donors (Lipinski definition) is 2. The van der Waals surface area contributed by atoms with Crippen LogP contribution in [0.4, 0.5) is 10.5 Å². The number of urea groups is 1. The minimum atomic E-state index is -0.167. The Labute approximate surface area is 178 Å². The van der Waals surface area contributed by atoms with E-state index in [4.69, 9.17) is 0 Å². The number of hydrogen-bond acceptors (Lipinski definition) is 4. The maximum Gasteiger partial charge on any atom is 0.322 e. The highest BCUT2D eigenvalue weighted by molar-refractivity contribution is 9.10. The molecule has 1 aromatic carbocycles. The molecule has 0 aliphatic heterocycles. The molecule has 3 amide bonds. The lowest BCUT2D eigenvalue weighted by atomic mass is 10.3. The van der Waals surface area contributed by atoms with E-state index >= 15 is 0 Å². The molecule has 0 unspecified atom stereocenters. The first kappa shape index (κ1) is 22.4. The van der Waals surface area contributed by atoms with Gasteiger partial charge >= 0.3 is 6.03 Å². The zero-order valence-electron chi connectivity index (χ0n) is 16.3. The molecule has 0 saturated heterocycles. The maximum atomic E-state index is 12.7. The van der Waals surface area contributed by atoms with E-state index in [1.165, 1.54) is 11.3 Å². The van der Waals surface area contributed by atoms with Gasteiger partial charge in [0, 0.05) is 28.6 Å². The molecule has 0 fully saturated rings. The van der Waals surface area contributed by atoms with Gasteiger partial charge in [-0.2, -0.15) is 0 Å². The second-order valence-electron chi connectivity index (χ2n) is 6.45. The fourth-order valence-corrected chi connectivity index (χ4v) is 3.51. The van der Waals surface area contributed by atoms with Gasteiger partial charge in [0.25, 0.3) is 5.91 Å². The molecule has 0 aliphatic rings. The molecule has 2 N–H and O–H groups in total. The van der Waals surface area contributed by atoms with Gasteiger partial charge in [0.2, 0.25) is 0 Å². The maximum absolute atomic E-state index is 12.7. The molecule has 0 bridgehead atoms. The zero-order chi connectivity index (χ0) is 20.4. The van der Waals surface area contributed by atoms with Crippen molar-refractivity contribution in [3.8, 4) is 0 Å². The molecule has 0 aliphatic carbocycles. The van der Waals surface area contributed by atoms with Gasteiger partial charge in [-0.05, 0) is 37.1 Å². The van der Waals surface area contributed by atoms with Crippen LogP contribution in [0.1, 0.15) is 55.0 Å². The minimum Gasteiger partial charge on any atom is -0.351 e. The number of benzene rings is 1. The number of aromatic nitrogens is 1. The Morgan fingerprint density at radius 2 is 1.86 bits per heavy atom. The van der Waals surface area contributed by atoms with Crippen LogP contribution in [-0.2, 0) is 6.54 Å². The first-order valence-electron chi connectivity index (χ1n) is 9.57. The summed E-state index contributed by atoms with van der Waals surface area (Å²) in [6.45, 7) is 5.84. The molecule has 0 saturated carbocycles. The standard InChI is InChI=1S/C20H27BrN4O2S/c1-3-5-11-22-19(26)17-14-28-18(24-17)13-25(12-6-4-2)20(27)23-16-9-7-15(21)8-10-16/h7-10,14H,3-6,11-13H2,1-2H3,(H,22,26)(H,23,27). The summed E-state index contributed by atoms with van der Waals surface area (Å²) in [6, 6.07) is 7.30. The van der Waals surface area contributed by atoms with Crippen molar-refractivity contribution in [1.29, 1.82) is 0 Å². The van der Waals surface area contributed by atoms with Crippen molar-refractivity contribution in [3.63, 3.8) is 0 Å². The van der Waals surface area contributed by atoms with Crippen LogP contribution in [-0.4, -0.2) is 34.9 Å². The number of unbranched alkanes of at least 4 members (excludes halogenated alkanes) is 2. The van der Waals surface area contributed by atoms with E-state index in [9.17, 15) is 9.59 Å². The van der Waals surface area contributed by atoms with E-state index in [2.05, 4.69) is 45.4 Å². The van der Waals surface area contributed by atoms with Crippen LogP contribution >= 0.6 is 27.3 Å². The van der Waals surface area contributed by atoms with Crippen LogP contribution in [0.2, 0.25) is 0 Å². The van der Waals surface area contributed by atoms with Crippen molar-refractivity contribution in [1.82, 2.24) is 15.2 Å².